The number of hydrogen-bond donors (Lipinski definition) is 2. The Morgan fingerprint density at radius 1 is 1.03 bits per heavy atom. The molecule has 2 heterocycles. The van der Waals surface area contributed by atoms with Gasteiger partial charge in [0.05, 0.1) is 10.6 Å². The summed E-state index contributed by atoms with van der Waals surface area (Å²) in [7, 11) is -3.52. The fourth-order valence-electron chi connectivity index (χ4n) is 4.59. The Bertz CT molecular complexity index is 1420. The first-order valence-electron chi connectivity index (χ1n) is 12.5. The summed E-state index contributed by atoms with van der Waals surface area (Å²) in [6.45, 7) is 7.20. The lowest BCUT2D eigenvalue weighted by molar-refractivity contribution is -0.123. The number of aromatic nitrogens is 1. The molecular formula is C28H34N4O4S. The fraction of sp³-hybridized carbons (Fsp3) is 0.393. The molecule has 2 aromatic carbocycles. The molecule has 37 heavy (non-hydrogen) atoms. The SMILES string of the molecule is CC(C)(C)NC(=O)CC1CCN(c2ncc(S(C)(=O)=O)cc2NC(=O)c2ccc3ccccc3c2)CC1. The second kappa shape index (κ2) is 10.5. The molecule has 9 heteroatoms. The van der Waals surface area contributed by atoms with Crippen molar-refractivity contribution in [3.63, 3.8) is 0 Å². The Morgan fingerprint density at radius 3 is 2.35 bits per heavy atom. The molecule has 1 aliphatic heterocycles. The molecule has 1 aromatic heterocycles. The molecule has 0 saturated carbocycles. The largest absolute Gasteiger partial charge is 0.355 e. The third kappa shape index (κ3) is 6.85. The van der Waals surface area contributed by atoms with Crippen LogP contribution in [-0.4, -0.2) is 50.1 Å². The number of pyridine rings is 1. The van der Waals surface area contributed by atoms with Crippen LogP contribution in [0.3, 0.4) is 0 Å². The van der Waals surface area contributed by atoms with Crippen LogP contribution in [0.2, 0.25) is 0 Å². The number of piperidine rings is 1. The zero-order chi connectivity index (χ0) is 26.8. The number of sulfone groups is 1. The summed E-state index contributed by atoms with van der Waals surface area (Å²) in [6, 6.07) is 14.7. The summed E-state index contributed by atoms with van der Waals surface area (Å²) >= 11 is 0. The zero-order valence-corrected chi connectivity index (χ0v) is 22.6. The van der Waals surface area contributed by atoms with Crippen molar-refractivity contribution in [2.45, 2.75) is 50.5 Å². The number of carbonyl (C=O) groups excluding carboxylic acids is 2. The van der Waals surface area contributed by atoms with Gasteiger partial charge in [-0.2, -0.15) is 0 Å². The summed E-state index contributed by atoms with van der Waals surface area (Å²) in [4.78, 5) is 32.1. The second-order valence-electron chi connectivity index (χ2n) is 10.8. The maximum atomic E-state index is 13.2. The van der Waals surface area contributed by atoms with Gasteiger partial charge in [0, 0.05) is 43.1 Å². The van der Waals surface area contributed by atoms with Gasteiger partial charge in [-0.1, -0.05) is 30.3 Å². The van der Waals surface area contributed by atoms with Crippen LogP contribution in [0.1, 0.15) is 50.4 Å². The van der Waals surface area contributed by atoms with Crippen LogP contribution in [0.4, 0.5) is 11.5 Å². The summed E-state index contributed by atoms with van der Waals surface area (Å²) in [5.41, 5.74) is 0.560. The van der Waals surface area contributed by atoms with Gasteiger partial charge in [-0.05, 0) is 68.5 Å². The smallest absolute Gasteiger partial charge is 0.255 e. The van der Waals surface area contributed by atoms with Gasteiger partial charge in [-0.3, -0.25) is 9.59 Å². The number of anilines is 2. The third-order valence-electron chi connectivity index (χ3n) is 6.43. The molecule has 8 nitrogen and oxygen atoms in total. The van der Waals surface area contributed by atoms with Crippen LogP contribution in [0.25, 0.3) is 10.8 Å². The minimum atomic E-state index is -3.52. The van der Waals surface area contributed by atoms with Crippen molar-refractivity contribution in [3.8, 4) is 0 Å². The van der Waals surface area contributed by atoms with E-state index in [0.29, 0.717) is 36.6 Å². The Hall–Kier alpha value is -3.46. The number of rotatable bonds is 6. The minimum absolute atomic E-state index is 0.0406. The van der Waals surface area contributed by atoms with E-state index in [1.807, 2.05) is 62.1 Å². The van der Waals surface area contributed by atoms with Gasteiger partial charge < -0.3 is 15.5 Å². The number of fused-ring (bicyclic) bond motifs is 1. The molecule has 2 amide bonds. The van der Waals surface area contributed by atoms with Crippen molar-refractivity contribution >= 4 is 43.9 Å². The van der Waals surface area contributed by atoms with Crippen LogP contribution < -0.4 is 15.5 Å². The second-order valence-corrected chi connectivity index (χ2v) is 12.8. The van der Waals surface area contributed by atoms with Crippen molar-refractivity contribution < 1.29 is 18.0 Å². The normalized spacial score (nSPS) is 15.0. The highest BCUT2D eigenvalue weighted by atomic mass is 32.2. The van der Waals surface area contributed by atoms with Crippen LogP contribution in [0, 0.1) is 5.92 Å². The van der Waals surface area contributed by atoms with Gasteiger partial charge in [0.2, 0.25) is 5.91 Å². The number of nitrogens with zero attached hydrogens (tertiary/aromatic N) is 2. The van der Waals surface area contributed by atoms with Gasteiger partial charge in [-0.25, -0.2) is 13.4 Å². The highest BCUT2D eigenvalue weighted by molar-refractivity contribution is 7.90. The van der Waals surface area contributed by atoms with Crippen LogP contribution in [0.5, 0.6) is 0 Å². The van der Waals surface area contributed by atoms with E-state index in [1.54, 1.807) is 6.07 Å². The van der Waals surface area contributed by atoms with Gasteiger partial charge in [0.25, 0.3) is 5.91 Å². The van der Waals surface area contributed by atoms with Crippen LogP contribution >= 0.6 is 0 Å². The molecule has 0 unspecified atom stereocenters. The van der Waals surface area contributed by atoms with E-state index in [1.165, 1.54) is 12.3 Å². The Kier molecular flexibility index (Phi) is 7.54. The lowest BCUT2D eigenvalue weighted by Crippen LogP contribution is -2.42. The van der Waals surface area contributed by atoms with Crippen molar-refractivity contribution in [3.05, 3.63) is 60.3 Å². The Labute approximate surface area is 218 Å². The summed E-state index contributed by atoms with van der Waals surface area (Å²) < 4.78 is 24.4. The van der Waals surface area contributed by atoms with E-state index in [2.05, 4.69) is 15.6 Å². The Balaban J connectivity index is 1.53. The molecule has 1 aliphatic rings. The standard InChI is InChI=1S/C28H34N4O4S/c1-28(2,3)31-25(33)15-19-11-13-32(14-12-19)26-24(17-23(18-29-26)37(4,35)36)30-27(34)22-10-9-20-7-5-6-8-21(20)16-22/h5-10,16-19H,11-15H2,1-4H3,(H,30,34)(H,31,33). The van der Waals surface area contributed by atoms with Crippen LogP contribution in [-0.2, 0) is 14.6 Å². The van der Waals surface area contributed by atoms with Crippen LogP contribution in [0.15, 0.2) is 59.6 Å². The molecule has 0 bridgehead atoms. The molecular weight excluding hydrogens is 488 g/mol. The molecule has 1 saturated heterocycles. The van der Waals surface area contributed by atoms with E-state index in [9.17, 15) is 18.0 Å². The van der Waals surface area contributed by atoms with Gasteiger partial charge in [0.15, 0.2) is 15.7 Å². The molecule has 0 radical (unpaired) electrons. The van der Waals surface area contributed by atoms with E-state index < -0.39 is 9.84 Å². The molecule has 2 N–H and O–H groups in total. The maximum absolute atomic E-state index is 13.2. The predicted molar refractivity (Wildman–Crippen MR) is 147 cm³/mol. The first-order chi connectivity index (χ1) is 17.4. The molecule has 0 spiro atoms. The lowest BCUT2D eigenvalue weighted by atomic mass is 9.92. The molecule has 196 valence electrons. The number of hydrogen-bond acceptors (Lipinski definition) is 6. The van der Waals surface area contributed by atoms with E-state index >= 15 is 0 Å². The third-order valence-corrected chi connectivity index (χ3v) is 7.51. The number of benzene rings is 2. The highest BCUT2D eigenvalue weighted by Gasteiger charge is 2.26. The average molecular weight is 523 g/mol. The first kappa shape index (κ1) is 26.6. The summed E-state index contributed by atoms with van der Waals surface area (Å²) in [5, 5.41) is 7.88. The lowest BCUT2D eigenvalue weighted by Gasteiger charge is -2.34. The van der Waals surface area contributed by atoms with E-state index in [0.717, 1.165) is 29.9 Å². The van der Waals surface area contributed by atoms with Crippen molar-refractivity contribution in [1.29, 1.82) is 0 Å². The predicted octanol–water partition coefficient (Wildman–Crippen LogP) is 4.41. The number of amides is 2. The van der Waals surface area contributed by atoms with Crippen molar-refractivity contribution in [1.82, 2.24) is 10.3 Å². The fourth-order valence-corrected chi connectivity index (χ4v) is 5.17. The molecule has 0 aliphatic carbocycles. The zero-order valence-electron chi connectivity index (χ0n) is 21.7. The van der Waals surface area contributed by atoms with Crippen molar-refractivity contribution in [2.24, 2.45) is 5.92 Å². The molecule has 0 atom stereocenters. The van der Waals surface area contributed by atoms with Crippen molar-refractivity contribution in [2.75, 3.05) is 29.6 Å². The quantitative estimate of drug-likeness (QED) is 0.496. The summed E-state index contributed by atoms with van der Waals surface area (Å²) in [5.74, 6) is 0.488. The Morgan fingerprint density at radius 2 is 1.70 bits per heavy atom. The number of carbonyl (C=O) groups is 2. The number of nitrogens with one attached hydrogen (secondary N) is 2. The maximum Gasteiger partial charge on any atom is 0.255 e. The van der Waals surface area contributed by atoms with Gasteiger partial charge in [-0.15, -0.1) is 0 Å². The minimum Gasteiger partial charge on any atom is -0.355 e. The van der Waals surface area contributed by atoms with Gasteiger partial charge >= 0.3 is 0 Å². The summed E-state index contributed by atoms with van der Waals surface area (Å²) in [6.07, 6.45) is 4.51. The first-order valence-corrected chi connectivity index (χ1v) is 14.3. The monoisotopic (exact) mass is 522 g/mol. The topological polar surface area (TPSA) is 108 Å². The average Bonchev–Trinajstić information content (AvgIpc) is 2.82. The molecule has 4 rings (SSSR count). The highest BCUT2D eigenvalue weighted by Crippen LogP contribution is 2.31. The van der Waals surface area contributed by atoms with E-state index in [4.69, 9.17) is 0 Å². The van der Waals surface area contributed by atoms with Gasteiger partial charge in [0.1, 0.15) is 0 Å². The van der Waals surface area contributed by atoms with E-state index in [-0.39, 0.29) is 28.2 Å². The molecule has 3 aromatic rings. The molecule has 1 fully saturated rings.